The van der Waals surface area contributed by atoms with E-state index in [1.165, 1.54) is 18.1 Å². The Kier molecular flexibility index (Phi) is 3.66. The maximum Gasteiger partial charge on any atom is 0.236 e. The van der Waals surface area contributed by atoms with Crippen molar-refractivity contribution in [3.63, 3.8) is 0 Å². The number of thioether (sulfide) groups is 1. The summed E-state index contributed by atoms with van der Waals surface area (Å²) < 4.78 is 5.89. The normalized spacial score (nSPS) is 10.8. The average Bonchev–Trinajstić information content (AvgIpc) is 3.05. The van der Waals surface area contributed by atoms with Crippen LogP contribution in [0.2, 0.25) is 0 Å². The monoisotopic (exact) mass is 306 g/mol. The summed E-state index contributed by atoms with van der Waals surface area (Å²) in [6.07, 6.45) is 1.51. The third kappa shape index (κ3) is 2.81. The van der Waals surface area contributed by atoms with Crippen LogP contribution in [-0.4, -0.2) is 26.8 Å². The molecule has 1 N–H and O–H groups in total. The van der Waals surface area contributed by atoms with Gasteiger partial charge in [0.2, 0.25) is 5.91 Å². The number of amides is 1. The number of nitrogens with one attached hydrogen (secondary N) is 1. The van der Waals surface area contributed by atoms with Gasteiger partial charge in [0.05, 0.1) is 16.0 Å². The minimum Gasteiger partial charge on any atom is -0.360 e. The molecule has 102 valence electrons. The van der Waals surface area contributed by atoms with Gasteiger partial charge in [-0.15, -0.1) is 11.3 Å². The highest BCUT2D eigenvalue weighted by Crippen LogP contribution is 2.28. The fourth-order valence-corrected chi connectivity index (χ4v) is 3.35. The summed E-state index contributed by atoms with van der Waals surface area (Å²) in [6.45, 7) is 1.77. The minimum atomic E-state index is -0.147. The van der Waals surface area contributed by atoms with Crippen LogP contribution in [0.25, 0.3) is 10.2 Å². The summed E-state index contributed by atoms with van der Waals surface area (Å²) in [7, 11) is 0. The lowest BCUT2D eigenvalue weighted by atomic mass is 10.5. The summed E-state index contributed by atoms with van der Waals surface area (Å²) in [6, 6.07) is 3.61. The Morgan fingerprint density at radius 1 is 1.50 bits per heavy atom. The third-order valence-electron chi connectivity index (χ3n) is 2.45. The molecule has 3 aromatic heterocycles. The van der Waals surface area contributed by atoms with E-state index in [4.69, 9.17) is 4.52 Å². The van der Waals surface area contributed by atoms with E-state index >= 15 is 0 Å². The molecule has 3 heterocycles. The fraction of sp³-hybridized carbons (Fsp3) is 0.167. The lowest BCUT2D eigenvalue weighted by Crippen LogP contribution is -2.14. The summed E-state index contributed by atoms with van der Waals surface area (Å²) in [5.41, 5.74) is 0.903. The van der Waals surface area contributed by atoms with Crippen LogP contribution in [0.15, 0.2) is 33.4 Å². The number of anilines is 1. The highest BCUT2D eigenvalue weighted by Gasteiger charge is 2.10. The van der Waals surface area contributed by atoms with Crippen molar-refractivity contribution in [1.29, 1.82) is 0 Å². The molecule has 8 heteroatoms. The molecule has 0 aliphatic rings. The van der Waals surface area contributed by atoms with Gasteiger partial charge in [-0.25, -0.2) is 9.97 Å². The van der Waals surface area contributed by atoms with Crippen LogP contribution >= 0.6 is 23.1 Å². The zero-order chi connectivity index (χ0) is 13.9. The molecule has 3 aromatic rings. The average molecular weight is 306 g/mol. The molecule has 0 aliphatic heterocycles. The Morgan fingerprint density at radius 3 is 3.20 bits per heavy atom. The van der Waals surface area contributed by atoms with Crippen molar-refractivity contribution in [2.24, 2.45) is 0 Å². The Balaban J connectivity index is 1.64. The van der Waals surface area contributed by atoms with Crippen molar-refractivity contribution in [2.45, 2.75) is 11.9 Å². The van der Waals surface area contributed by atoms with Gasteiger partial charge in [0.25, 0.3) is 0 Å². The first-order chi connectivity index (χ1) is 9.72. The molecule has 0 saturated carbocycles. The van der Waals surface area contributed by atoms with Gasteiger partial charge in [0.15, 0.2) is 5.82 Å². The number of hydrogen-bond donors (Lipinski definition) is 1. The zero-order valence-electron chi connectivity index (χ0n) is 10.5. The number of nitrogens with zero attached hydrogens (tertiary/aromatic N) is 3. The number of fused-ring (bicyclic) bond motifs is 1. The number of aromatic nitrogens is 3. The largest absolute Gasteiger partial charge is 0.360 e. The van der Waals surface area contributed by atoms with E-state index in [9.17, 15) is 4.79 Å². The van der Waals surface area contributed by atoms with Gasteiger partial charge in [0.1, 0.15) is 17.1 Å². The Morgan fingerprint density at radius 2 is 2.40 bits per heavy atom. The van der Waals surface area contributed by atoms with E-state index in [0.29, 0.717) is 11.6 Å². The number of aryl methyl sites for hydroxylation is 1. The summed E-state index contributed by atoms with van der Waals surface area (Å²) in [5, 5.41) is 9.16. The molecule has 20 heavy (non-hydrogen) atoms. The molecule has 0 unspecified atom stereocenters. The molecule has 0 bridgehead atoms. The SMILES string of the molecule is Cc1cc(NC(=O)CSc2ncnc3ccsc23)no1. The highest BCUT2D eigenvalue weighted by molar-refractivity contribution is 8.00. The minimum absolute atomic E-state index is 0.147. The van der Waals surface area contributed by atoms with Crippen LogP contribution in [0.1, 0.15) is 5.76 Å². The molecule has 0 spiro atoms. The molecule has 0 aliphatic carbocycles. The summed E-state index contributed by atoms with van der Waals surface area (Å²) in [4.78, 5) is 20.2. The Bertz CT molecular complexity index is 753. The van der Waals surface area contributed by atoms with Gasteiger partial charge in [-0.1, -0.05) is 16.9 Å². The van der Waals surface area contributed by atoms with Crippen molar-refractivity contribution in [1.82, 2.24) is 15.1 Å². The molecule has 0 saturated heterocycles. The predicted octanol–water partition coefficient (Wildman–Crippen LogP) is 2.72. The van der Waals surface area contributed by atoms with Gasteiger partial charge in [-0.3, -0.25) is 4.79 Å². The van der Waals surface area contributed by atoms with E-state index in [1.54, 1.807) is 24.3 Å². The second-order valence-corrected chi connectivity index (χ2v) is 5.85. The van der Waals surface area contributed by atoms with Gasteiger partial charge in [0, 0.05) is 6.07 Å². The number of thiophene rings is 1. The second kappa shape index (κ2) is 5.59. The molecule has 0 aromatic carbocycles. The molecule has 1 amide bonds. The molecular formula is C12H10N4O2S2. The third-order valence-corrected chi connectivity index (χ3v) is 4.47. The summed E-state index contributed by atoms with van der Waals surface area (Å²) in [5.74, 6) is 1.20. The number of carbonyl (C=O) groups is 1. The van der Waals surface area contributed by atoms with E-state index in [-0.39, 0.29) is 11.7 Å². The van der Waals surface area contributed by atoms with Crippen molar-refractivity contribution in [2.75, 3.05) is 11.1 Å². The van der Waals surface area contributed by atoms with E-state index in [0.717, 1.165) is 15.2 Å². The number of carbonyl (C=O) groups excluding carboxylic acids is 1. The quantitative estimate of drug-likeness (QED) is 0.589. The van der Waals surface area contributed by atoms with Gasteiger partial charge in [-0.2, -0.15) is 0 Å². The highest BCUT2D eigenvalue weighted by atomic mass is 32.2. The first-order valence-corrected chi connectivity index (χ1v) is 7.63. The fourth-order valence-electron chi connectivity index (χ4n) is 1.61. The maximum absolute atomic E-state index is 11.8. The van der Waals surface area contributed by atoms with Crippen molar-refractivity contribution >= 4 is 45.0 Å². The molecule has 0 atom stereocenters. The molecule has 3 rings (SSSR count). The van der Waals surface area contributed by atoms with Gasteiger partial charge >= 0.3 is 0 Å². The van der Waals surface area contributed by atoms with Gasteiger partial charge < -0.3 is 9.84 Å². The van der Waals surface area contributed by atoms with E-state index in [2.05, 4.69) is 20.4 Å². The smallest absolute Gasteiger partial charge is 0.236 e. The van der Waals surface area contributed by atoms with Gasteiger partial charge in [-0.05, 0) is 18.4 Å². The predicted molar refractivity (Wildman–Crippen MR) is 78.0 cm³/mol. The maximum atomic E-state index is 11.8. The second-order valence-electron chi connectivity index (χ2n) is 3.97. The zero-order valence-corrected chi connectivity index (χ0v) is 12.1. The van der Waals surface area contributed by atoms with E-state index < -0.39 is 0 Å². The molecule has 6 nitrogen and oxygen atoms in total. The van der Waals surface area contributed by atoms with Crippen molar-refractivity contribution in [3.05, 3.63) is 29.6 Å². The topological polar surface area (TPSA) is 80.9 Å². The van der Waals surface area contributed by atoms with Crippen molar-refractivity contribution < 1.29 is 9.32 Å². The first kappa shape index (κ1) is 13.1. The lowest BCUT2D eigenvalue weighted by molar-refractivity contribution is -0.113. The standard InChI is InChI=1S/C12H10N4O2S2/c1-7-4-9(16-18-7)15-10(17)5-20-12-11-8(2-3-19-11)13-6-14-12/h2-4,6H,5H2,1H3,(H,15,16,17). The molecule has 0 radical (unpaired) electrons. The lowest BCUT2D eigenvalue weighted by Gasteiger charge is -2.02. The van der Waals surface area contributed by atoms with Crippen molar-refractivity contribution in [3.8, 4) is 0 Å². The van der Waals surface area contributed by atoms with Crippen LogP contribution in [0.4, 0.5) is 5.82 Å². The van der Waals surface area contributed by atoms with Crippen LogP contribution in [0.3, 0.4) is 0 Å². The number of hydrogen-bond acceptors (Lipinski definition) is 7. The Hall–Kier alpha value is -1.93. The number of rotatable bonds is 4. The van der Waals surface area contributed by atoms with E-state index in [1.807, 2.05) is 11.4 Å². The van der Waals surface area contributed by atoms with Crippen LogP contribution in [-0.2, 0) is 4.79 Å². The summed E-state index contributed by atoms with van der Waals surface area (Å²) >= 11 is 2.95. The van der Waals surface area contributed by atoms with Crippen LogP contribution < -0.4 is 5.32 Å². The molecule has 0 fully saturated rings. The van der Waals surface area contributed by atoms with Crippen LogP contribution in [0.5, 0.6) is 0 Å². The Labute approximate surface area is 122 Å². The first-order valence-electron chi connectivity index (χ1n) is 5.76. The van der Waals surface area contributed by atoms with Crippen LogP contribution in [0, 0.1) is 6.92 Å². The molecular weight excluding hydrogens is 296 g/mol.